The van der Waals surface area contributed by atoms with Crippen molar-refractivity contribution in [3.05, 3.63) is 30.3 Å². The Morgan fingerprint density at radius 3 is 2.56 bits per heavy atom. The molecule has 0 heterocycles. The molecule has 16 heavy (non-hydrogen) atoms. The van der Waals surface area contributed by atoms with Gasteiger partial charge in [-0.25, -0.2) is 0 Å². The average Bonchev–Trinajstić information content (AvgIpc) is 2.34. The summed E-state index contributed by atoms with van der Waals surface area (Å²) in [5, 5.41) is 0.480. The summed E-state index contributed by atoms with van der Waals surface area (Å²) in [6.45, 7) is 0.729. The van der Waals surface area contributed by atoms with Gasteiger partial charge in [-0.1, -0.05) is 34.1 Å². The molecule has 0 saturated heterocycles. The third-order valence-electron chi connectivity index (χ3n) is 2.26. The Bertz CT molecular complexity index is 298. The van der Waals surface area contributed by atoms with Crippen molar-refractivity contribution in [1.82, 2.24) is 0 Å². The summed E-state index contributed by atoms with van der Waals surface area (Å²) in [5.41, 5.74) is 0. The lowest BCUT2D eigenvalue weighted by atomic mass is 10.1. The lowest BCUT2D eigenvalue weighted by Crippen LogP contribution is -2.00. The maximum absolute atomic E-state index is 11.0. The van der Waals surface area contributed by atoms with Crippen molar-refractivity contribution >= 4 is 21.7 Å². The van der Waals surface area contributed by atoms with Gasteiger partial charge in [0.1, 0.15) is 11.5 Å². The molecule has 0 fully saturated rings. The highest BCUT2D eigenvalue weighted by Crippen LogP contribution is 2.09. The van der Waals surface area contributed by atoms with Crippen LogP contribution in [0.5, 0.6) is 5.75 Å². The lowest BCUT2D eigenvalue weighted by Gasteiger charge is -2.05. The summed E-state index contributed by atoms with van der Waals surface area (Å²) in [5.74, 6) is 1.20. The number of para-hydroxylation sites is 1. The Kier molecular flexibility index (Phi) is 6.90. The summed E-state index contributed by atoms with van der Waals surface area (Å²) in [4.78, 5) is 11.0. The number of ether oxygens (including phenoxy) is 1. The SMILES string of the molecule is O=C(CBr)CCCCCOc1ccccc1. The van der Waals surface area contributed by atoms with E-state index in [4.69, 9.17) is 4.74 Å². The fourth-order valence-electron chi connectivity index (χ4n) is 1.37. The Balaban J connectivity index is 1.98. The molecule has 0 bridgehead atoms. The Morgan fingerprint density at radius 2 is 1.88 bits per heavy atom. The second-order valence-electron chi connectivity index (χ2n) is 3.64. The minimum absolute atomic E-state index is 0.281. The van der Waals surface area contributed by atoms with Crippen LogP contribution in [0.25, 0.3) is 0 Å². The van der Waals surface area contributed by atoms with Gasteiger partial charge in [-0.05, 0) is 31.4 Å². The van der Waals surface area contributed by atoms with Gasteiger partial charge in [0.05, 0.1) is 11.9 Å². The van der Waals surface area contributed by atoms with Gasteiger partial charge < -0.3 is 4.74 Å². The molecule has 1 rings (SSSR count). The van der Waals surface area contributed by atoms with E-state index in [0.29, 0.717) is 11.8 Å². The number of Topliss-reactive ketones (excluding diaryl/α,β-unsaturated/α-hetero) is 1. The maximum atomic E-state index is 11.0. The van der Waals surface area contributed by atoms with Crippen LogP contribution in [-0.2, 0) is 4.79 Å². The molecule has 0 amide bonds. The molecular formula is C13H17BrO2. The largest absolute Gasteiger partial charge is 0.494 e. The molecule has 0 aliphatic heterocycles. The molecule has 1 aromatic rings. The molecule has 1 aromatic carbocycles. The van der Waals surface area contributed by atoms with Crippen LogP contribution in [0, 0.1) is 0 Å². The first-order valence-corrected chi connectivity index (χ1v) is 6.70. The average molecular weight is 285 g/mol. The van der Waals surface area contributed by atoms with Crippen LogP contribution >= 0.6 is 15.9 Å². The van der Waals surface area contributed by atoms with Gasteiger partial charge in [0.15, 0.2) is 0 Å². The molecule has 88 valence electrons. The van der Waals surface area contributed by atoms with E-state index in [9.17, 15) is 4.79 Å². The standard InChI is InChI=1S/C13H17BrO2/c14-11-12(15)7-3-2-6-10-16-13-8-4-1-5-9-13/h1,4-5,8-9H,2-3,6-7,10-11H2. The molecule has 0 saturated carbocycles. The number of alkyl halides is 1. The zero-order valence-corrected chi connectivity index (χ0v) is 10.9. The summed E-state index contributed by atoms with van der Waals surface area (Å²) in [6, 6.07) is 9.80. The Labute approximate surface area is 105 Å². The fraction of sp³-hybridized carbons (Fsp3) is 0.462. The van der Waals surface area contributed by atoms with E-state index in [2.05, 4.69) is 15.9 Å². The highest BCUT2D eigenvalue weighted by Gasteiger charge is 1.98. The number of hydrogen-bond acceptors (Lipinski definition) is 2. The van der Waals surface area contributed by atoms with E-state index >= 15 is 0 Å². The van der Waals surface area contributed by atoms with E-state index in [-0.39, 0.29) is 5.78 Å². The minimum atomic E-state index is 0.281. The van der Waals surface area contributed by atoms with E-state index in [1.807, 2.05) is 30.3 Å². The number of hydrogen-bond donors (Lipinski definition) is 0. The summed E-state index contributed by atoms with van der Waals surface area (Å²) >= 11 is 3.15. The molecule has 0 aromatic heterocycles. The third-order valence-corrected chi connectivity index (χ3v) is 2.89. The molecule has 0 atom stereocenters. The summed E-state index contributed by atoms with van der Waals surface area (Å²) in [6.07, 6.45) is 3.69. The maximum Gasteiger partial charge on any atom is 0.143 e. The van der Waals surface area contributed by atoms with E-state index in [1.54, 1.807) is 0 Å². The van der Waals surface area contributed by atoms with Gasteiger partial charge in [0, 0.05) is 6.42 Å². The lowest BCUT2D eigenvalue weighted by molar-refractivity contribution is -0.116. The van der Waals surface area contributed by atoms with Crippen LogP contribution in [0.15, 0.2) is 30.3 Å². The molecule has 0 spiro atoms. The van der Waals surface area contributed by atoms with E-state index in [1.165, 1.54) is 0 Å². The monoisotopic (exact) mass is 284 g/mol. The van der Waals surface area contributed by atoms with Gasteiger partial charge >= 0.3 is 0 Å². The molecular weight excluding hydrogens is 268 g/mol. The van der Waals surface area contributed by atoms with Gasteiger partial charge in [-0.2, -0.15) is 0 Å². The predicted molar refractivity (Wildman–Crippen MR) is 69.2 cm³/mol. The zero-order valence-electron chi connectivity index (χ0n) is 9.32. The Hall–Kier alpha value is -0.830. The van der Waals surface area contributed by atoms with Crippen LogP contribution in [-0.4, -0.2) is 17.7 Å². The van der Waals surface area contributed by atoms with Crippen LogP contribution in [0.2, 0.25) is 0 Å². The molecule has 0 aliphatic carbocycles. The zero-order chi connectivity index (χ0) is 11.6. The van der Waals surface area contributed by atoms with Gasteiger partial charge in [0.25, 0.3) is 0 Å². The third kappa shape index (κ3) is 5.91. The predicted octanol–water partition coefficient (Wildman–Crippen LogP) is 3.59. The van der Waals surface area contributed by atoms with E-state index in [0.717, 1.165) is 31.6 Å². The number of ketones is 1. The van der Waals surface area contributed by atoms with Gasteiger partial charge in [-0.3, -0.25) is 4.79 Å². The molecule has 0 aliphatic rings. The van der Waals surface area contributed by atoms with Crippen molar-refractivity contribution in [3.8, 4) is 5.75 Å². The van der Waals surface area contributed by atoms with Crippen LogP contribution in [0.4, 0.5) is 0 Å². The van der Waals surface area contributed by atoms with Crippen LogP contribution in [0.3, 0.4) is 0 Å². The second-order valence-corrected chi connectivity index (χ2v) is 4.21. The van der Waals surface area contributed by atoms with Crippen LogP contribution < -0.4 is 4.74 Å². The number of carbonyl (C=O) groups excluding carboxylic acids is 1. The highest BCUT2D eigenvalue weighted by atomic mass is 79.9. The molecule has 3 heteroatoms. The smallest absolute Gasteiger partial charge is 0.143 e. The molecule has 0 unspecified atom stereocenters. The first-order chi connectivity index (χ1) is 7.83. The van der Waals surface area contributed by atoms with Crippen molar-refractivity contribution in [3.63, 3.8) is 0 Å². The number of carbonyl (C=O) groups is 1. The molecule has 0 N–H and O–H groups in total. The number of halogens is 1. The fourth-order valence-corrected chi connectivity index (χ4v) is 1.65. The molecule has 0 radical (unpaired) electrons. The van der Waals surface area contributed by atoms with E-state index < -0.39 is 0 Å². The minimum Gasteiger partial charge on any atom is -0.494 e. The number of rotatable bonds is 8. The van der Waals surface area contributed by atoms with Crippen molar-refractivity contribution < 1.29 is 9.53 Å². The summed E-state index contributed by atoms with van der Waals surface area (Å²) < 4.78 is 5.55. The number of unbranched alkanes of at least 4 members (excludes halogenated alkanes) is 2. The first-order valence-electron chi connectivity index (χ1n) is 5.58. The Morgan fingerprint density at radius 1 is 1.12 bits per heavy atom. The van der Waals surface area contributed by atoms with Gasteiger partial charge in [-0.15, -0.1) is 0 Å². The topological polar surface area (TPSA) is 26.3 Å². The van der Waals surface area contributed by atoms with Crippen molar-refractivity contribution in [1.29, 1.82) is 0 Å². The van der Waals surface area contributed by atoms with Gasteiger partial charge in [0.2, 0.25) is 0 Å². The van der Waals surface area contributed by atoms with Crippen molar-refractivity contribution in [2.24, 2.45) is 0 Å². The number of benzene rings is 1. The first kappa shape index (κ1) is 13.2. The quantitative estimate of drug-likeness (QED) is 0.539. The summed E-state index contributed by atoms with van der Waals surface area (Å²) in [7, 11) is 0. The molecule has 2 nitrogen and oxygen atoms in total. The second kappa shape index (κ2) is 8.34. The normalized spacial score (nSPS) is 10.1. The highest BCUT2D eigenvalue weighted by molar-refractivity contribution is 9.09. The van der Waals surface area contributed by atoms with Crippen molar-refractivity contribution in [2.45, 2.75) is 25.7 Å². The van der Waals surface area contributed by atoms with Crippen LogP contribution in [0.1, 0.15) is 25.7 Å². The van der Waals surface area contributed by atoms with Crippen molar-refractivity contribution in [2.75, 3.05) is 11.9 Å².